The van der Waals surface area contributed by atoms with Crippen LogP contribution in [0, 0.1) is 0 Å². The molecule has 0 radical (unpaired) electrons. The predicted octanol–water partition coefficient (Wildman–Crippen LogP) is 4.05. The summed E-state index contributed by atoms with van der Waals surface area (Å²) in [7, 11) is 0. The number of benzene rings is 2. The molecule has 2 heterocycles. The van der Waals surface area contributed by atoms with Gasteiger partial charge < -0.3 is 14.8 Å². The van der Waals surface area contributed by atoms with Gasteiger partial charge in [0.1, 0.15) is 11.7 Å². The number of alkyl halides is 3. The molecule has 1 atom stereocenters. The minimum absolute atomic E-state index is 0.0489. The highest BCUT2D eigenvalue weighted by Crippen LogP contribution is 2.38. The van der Waals surface area contributed by atoms with Gasteiger partial charge in [-0.05, 0) is 31.2 Å². The maximum absolute atomic E-state index is 13.4. The van der Waals surface area contributed by atoms with Crippen molar-refractivity contribution < 1.29 is 32.2 Å². The number of rotatable bonds is 4. The van der Waals surface area contributed by atoms with Gasteiger partial charge in [-0.1, -0.05) is 23.7 Å². The van der Waals surface area contributed by atoms with Crippen LogP contribution in [0.4, 0.5) is 24.5 Å². The topological polar surface area (TPSA) is 79.9 Å². The number of hydrogen-bond donors (Lipinski definition) is 2. The van der Waals surface area contributed by atoms with Crippen molar-refractivity contribution in [1.82, 2.24) is 5.43 Å². The van der Waals surface area contributed by atoms with Crippen LogP contribution in [0.2, 0.25) is 5.02 Å². The lowest BCUT2D eigenvalue weighted by Gasteiger charge is -2.25. The number of carbonyl (C=O) groups is 2. The number of nitrogens with one attached hydrogen (secondary N) is 2. The van der Waals surface area contributed by atoms with E-state index in [0.717, 1.165) is 11.1 Å². The van der Waals surface area contributed by atoms with E-state index < -0.39 is 18.1 Å². The molecule has 0 saturated carbocycles. The molecule has 0 fully saturated rings. The summed E-state index contributed by atoms with van der Waals surface area (Å²) in [6.07, 6.45) is -3.90. The molecule has 2 aromatic rings. The van der Waals surface area contributed by atoms with Gasteiger partial charge in [-0.15, -0.1) is 0 Å². The van der Waals surface area contributed by atoms with E-state index in [4.69, 9.17) is 21.1 Å². The zero-order chi connectivity index (χ0) is 22.3. The van der Waals surface area contributed by atoms with Crippen molar-refractivity contribution in [1.29, 1.82) is 0 Å². The molecule has 1 amide bonds. The lowest BCUT2D eigenvalue weighted by atomic mass is 10.1. The summed E-state index contributed by atoms with van der Waals surface area (Å²) >= 11 is 6.13. The summed E-state index contributed by atoms with van der Waals surface area (Å²) in [6.45, 7) is 1.24. The van der Waals surface area contributed by atoms with Gasteiger partial charge in [-0.25, -0.2) is 5.43 Å². The molecule has 0 bridgehead atoms. The summed E-state index contributed by atoms with van der Waals surface area (Å²) in [6, 6.07) is 6.84. The third-order valence-electron chi connectivity index (χ3n) is 4.65. The zero-order valence-corrected chi connectivity index (χ0v) is 16.7. The number of amides is 1. The largest absolute Gasteiger partial charge is 0.454 e. The average Bonchev–Trinajstić information content (AvgIpc) is 3.34. The number of hydrogen-bond acceptors (Lipinski definition) is 6. The number of ether oxygens (including phenoxy) is 2. The summed E-state index contributed by atoms with van der Waals surface area (Å²) in [5.41, 5.74) is 2.28. The molecular weight excluding hydrogens is 439 g/mol. The molecule has 4 rings (SSSR count). The maximum atomic E-state index is 13.4. The van der Waals surface area contributed by atoms with Crippen LogP contribution >= 0.6 is 11.6 Å². The Kier molecular flexibility index (Phi) is 5.28. The lowest BCUT2D eigenvalue weighted by molar-refractivity contribution is -0.142. The molecule has 1 unspecified atom stereocenters. The van der Waals surface area contributed by atoms with E-state index in [2.05, 4.69) is 10.7 Å². The Morgan fingerprint density at radius 3 is 2.52 bits per heavy atom. The Morgan fingerprint density at radius 2 is 1.87 bits per heavy atom. The quantitative estimate of drug-likeness (QED) is 0.680. The number of nitrogens with zero attached hydrogens (tertiary/aromatic N) is 1. The number of para-hydroxylation sites is 1. The van der Waals surface area contributed by atoms with E-state index in [1.165, 1.54) is 31.2 Å². The van der Waals surface area contributed by atoms with Gasteiger partial charge in [0.05, 0.1) is 16.4 Å². The highest BCUT2D eigenvalue weighted by molar-refractivity contribution is 6.33. The van der Waals surface area contributed by atoms with Crippen LogP contribution in [0.15, 0.2) is 48.2 Å². The van der Waals surface area contributed by atoms with E-state index >= 15 is 0 Å². The smallest absolute Gasteiger partial charge is 0.409 e. The van der Waals surface area contributed by atoms with Crippen molar-refractivity contribution in [2.24, 2.45) is 0 Å². The SMILES string of the molecule is CC(=O)c1cc2c(cc1NC(=O)C1=CC(C(F)(F)F)NN1c1ccccc1Cl)OCO2. The second-order valence-corrected chi connectivity index (χ2v) is 7.16. The number of fused-ring (bicyclic) bond motifs is 1. The fourth-order valence-corrected chi connectivity index (χ4v) is 3.40. The average molecular weight is 454 g/mol. The van der Waals surface area contributed by atoms with Crippen LogP contribution in [0.3, 0.4) is 0 Å². The fourth-order valence-electron chi connectivity index (χ4n) is 3.18. The second kappa shape index (κ2) is 7.78. The number of anilines is 2. The van der Waals surface area contributed by atoms with Gasteiger partial charge in [0.25, 0.3) is 5.91 Å². The Labute approximate surface area is 179 Å². The maximum Gasteiger partial charge on any atom is 0.409 e. The first-order valence-electron chi connectivity index (χ1n) is 9.00. The van der Waals surface area contributed by atoms with Gasteiger partial charge in [0.2, 0.25) is 6.79 Å². The van der Waals surface area contributed by atoms with Crippen molar-refractivity contribution in [2.75, 3.05) is 17.1 Å². The van der Waals surface area contributed by atoms with E-state index in [1.807, 2.05) is 0 Å². The molecule has 0 spiro atoms. The zero-order valence-electron chi connectivity index (χ0n) is 15.9. The number of halogens is 4. The minimum Gasteiger partial charge on any atom is -0.454 e. The van der Waals surface area contributed by atoms with Crippen LogP contribution in [-0.4, -0.2) is 30.7 Å². The van der Waals surface area contributed by atoms with Gasteiger partial charge in [0.15, 0.2) is 17.3 Å². The Morgan fingerprint density at radius 1 is 1.19 bits per heavy atom. The second-order valence-electron chi connectivity index (χ2n) is 6.75. The molecule has 2 N–H and O–H groups in total. The molecule has 0 aliphatic carbocycles. The molecule has 162 valence electrons. The van der Waals surface area contributed by atoms with Crippen LogP contribution in [-0.2, 0) is 4.79 Å². The van der Waals surface area contributed by atoms with Gasteiger partial charge in [-0.3, -0.25) is 14.6 Å². The molecule has 31 heavy (non-hydrogen) atoms. The number of carbonyl (C=O) groups excluding carboxylic acids is 2. The predicted molar refractivity (Wildman–Crippen MR) is 106 cm³/mol. The van der Waals surface area contributed by atoms with Crippen molar-refractivity contribution in [3.8, 4) is 11.5 Å². The molecule has 11 heteroatoms. The summed E-state index contributed by atoms with van der Waals surface area (Å²) < 4.78 is 50.6. The Bertz CT molecular complexity index is 1100. The minimum atomic E-state index is -4.65. The van der Waals surface area contributed by atoms with Gasteiger partial charge >= 0.3 is 6.18 Å². The number of ketones is 1. The standard InChI is InChI=1S/C20H15ClF3N3O4/c1-10(28)11-6-16-17(31-9-30-16)7-13(11)25-19(29)15-8-18(20(22,23)24)26-27(15)14-5-3-2-4-12(14)21/h2-8,18,26H,9H2,1H3,(H,25,29). The van der Waals surface area contributed by atoms with Crippen molar-refractivity contribution in [3.05, 3.63) is 58.8 Å². The van der Waals surface area contributed by atoms with Crippen LogP contribution in [0.25, 0.3) is 0 Å². The van der Waals surface area contributed by atoms with E-state index in [9.17, 15) is 22.8 Å². The van der Waals surface area contributed by atoms with E-state index in [1.54, 1.807) is 12.1 Å². The highest BCUT2D eigenvalue weighted by Gasteiger charge is 2.45. The van der Waals surface area contributed by atoms with Crippen molar-refractivity contribution in [2.45, 2.75) is 19.1 Å². The van der Waals surface area contributed by atoms with Crippen molar-refractivity contribution >= 4 is 34.7 Å². The normalized spacial score (nSPS) is 17.5. The Hall–Kier alpha value is -3.24. The first-order valence-corrected chi connectivity index (χ1v) is 9.38. The third-order valence-corrected chi connectivity index (χ3v) is 4.97. The van der Waals surface area contributed by atoms with Gasteiger partial charge in [-0.2, -0.15) is 13.2 Å². The molecule has 7 nitrogen and oxygen atoms in total. The molecule has 0 aromatic heterocycles. The molecule has 2 aromatic carbocycles. The van der Waals surface area contributed by atoms with E-state index in [-0.39, 0.29) is 40.2 Å². The fraction of sp³-hybridized carbons (Fsp3) is 0.200. The van der Waals surface area contributed by atoms with Crippen molar-refractivity contribution in [3.63, 3.8) is 0 Å². The molecule has 2 aliphatic rings. The highest BCUT2D eigenvalue weighted by atomic mass is 35.5. The summed E-state index contributed by atoms with van der Waals surface area (Å²) in [5.74, 6) is -0.612. The first-order chi connectivity index (χ1) is 14.6. The monoisotopic (exact) mass is 453 g/mol. The Balaban J connectivity index is 1.70. The van der Waals surface area contributed by atoms with Crippen LogP contribution in [0.5, 0.6) is 11.5 Å². The van der Waals surface area contributed by atoms with Gasteiger partial charge in [0, 0.05) is 11.6 Å². The first kappa shape index (κ1) is 21.0. The number of Topliss-reactive ketones (excluding diaryl/α,β-unsaturated/α-hetero) is 1. The summed E-state index contributed by atoms with van der Waals surface area (Å²) in [5, 5.41) is 3.61. The van der Waals surface area contributed by atoms with Crippen LogP contribution < -0.4 is 25.2 Å². The summed E-state index contributed by atoms with van der Waals surface area (Å²) in [4.78, 5) is 25.0. The van der Waals surface area contributed by atoms with E-state index in [0.29, 0.717) is 11.5 Å². The number of hydrazine groups is 1. The third kappa shape index (κ3) is 4.04. The molecule has 0 saturated heterocycles. The molecular formula is C20H15ClF3N3O4. The lowest BCUT2D eigenvalue weighted by Crippen LogP contribution is -2.45. The molecule has 2 aliphatic heterocycles. The van der Waals surface area contributed by atoms with Crippen LogP contribution in [0.1, 0.15) is 17.3 Å².